The smallest absolute Gasteiger partial charge is 0.387 e. The molecule has 0 saturated carbocycles. The highest BCUT2D eigenvalue weighted by atomic mass is 19.3. The molecule has 1 amide bonds. The van der Waals surface area contributed by atoms with E-state index in [1.165, 1.54) is 36.4 Å². The SMILES string of the molecule is CCOc1cc(C(=O)OCC(=O)Nc2ccccc2OC(F)F)cc(OCC)c1OCC. The second-order valence-corrected chi connectivity index (χ2v) is 6.10. The summed E-state index contributed by atoms with van der Waals surface area (Å²) in [6, 6.07) is 8.53. The van der Waals surface area contributed by atoms with E-state index in [0.717, 1.165) is 0 Å². The molecule has 1 N–H and O–H groups in total. The van der Waals surface area contributed by atoms with E-state index in [-0.39, 0.29) is 17.0 Å². The van der Waals surface area contributed by atoms with Gasteiger partial charge in [-0.05, 0) is 45.0 Å². The number of amides is 1. The summed E-state index contributed by atoms with van der Waals surface area (Å²) in [5.74, 6) is -0.783. The lowest BCUT2D eigenvalue weighted by Gasteiger charge is -2.17. The molecule has 0 fully saturated rings. The Morgan fingerprint density at radius 2 is 1.50 bits per heavy atom. The zero-order chi connectivity index (χ0) is 23.5. The lowest BCUT2D eigenvalue weighted by atomic mass is 10.2. The van der Waals surface area contributed by atoms with Crippen molar-refractivity contribution >= 4 is 17.6 Å². The molecule has 0 aliphatic rings. The van der Waals surface area contributed by atoms with Crippen molar-refractivity contribution in [1.29, 1.82) is 0 Å². The van der Waals surface area contributed by atoms with Crippen LogP contribution >= 0.6 is 0 Å². The molecule has 0 saturated heterocycles. The van der Waals surface area contributed by atoms with E-state index >= 15 is 0 Å². The molecule has 2 rings (SSSR count). The van der Waals surface area contributed by atoms with Crippen LogP contribution in [0.15, 0.2) is 36.4 Å². The van der Waals surface area contributed by atoms with Crippen molar-refractivity contribution in [2.75, 3.05) is 31.7 Å². The van der Waals surface area contributed by atoms with E-state index in [9.17, 15) is 18.4 Å². The van der Waals surface area contributed by atoms with Gasteiger partial charge in [-0.2, -0.15) is 8.78 Å². The second-order valence-electron chi connectivity index (χ2n) is 6.10. The molecular formula is C22H25F2NO7. The van der Waals surface area contributed by atoms with Crippen molar-refractivity contribution in [3.8, 4) is 23.0 Å². The van der Waals surface area contributed by atoms with Crippen molar-refractivity contribution in [2.45, 2.75) is 27.4 Å². The maximum atomic E-state index is 12.5. The first-order valence-electron chi connectivity index (χ1n) is 9.96. The van der Waals surface area contributed by atoms with Crippen LogP contribution in [0.4, 0.5) is 14.5 Å². The van der Waals surface area contributed by atoms with Crippen molar-refractivity contribution in [1.82, 2.24) is 0 Å². The minimum Gasteiger partial charge on any atom is -0.490 e. The van der Waals surface area contributed by atoms with Crippen LogP contribution < -0.4 is 24.3 Å². The molecule has 174 valence electrons. The van der Waals surface area contributed by atoms with Gasteiger partial charge in [-0.25, -0.2) is 4.79 Å². The Bertz CT molecular complexity index is 894. The number of anilines is 1. The molecular weight excluding hydrogens is 428 g/mol. The van der Waals surface area contributed by atoms with E-state index in [1.54, 1.807) is 20.8 Å². The molecule has 2 aromatic rings. The second kappa shape index (κ2) is 12.3. The third-order valence-corrected chi connectivity index (χ3v) is 3.86. The molecule has 0 aromatic heterocycles. The maximum absolute atomic E-state index is 12.5. The average molecular weight is 453 g/mol. The van der Waals surface area contributed by atoms with E-state index in [1.807, 2.05) is 0 Å². The predicted octanol–water partition coefficient (Wildman–Crippen LogP) is 4.28. The summed E-state index contributed by atoms with van der Waals surface area (Å²) in [4.78, 5) is 24.7. The summed E-state index contributed by atoms with van der Waals surface area (Å²) in [7, 11) is 0. The standard InChI is InChI=1S/C22H25F2NO7/c1-4-28-17-11-14(12-18(29-5-2)20(17)30-6-3)21(27)31-13-19(26)25-15-9-7-8-10-16(15)32-22(23)24/h7-12,22H,4-6,13H2,1-3H3,(H,25,26). The third kappa shape index (κ3) is 7.00. The summed E-state index contributed by atoms with van der Waals surface area (Å²) in [5.41, 5.74) is 0.113. The Hall–Kier alpha value is -3.56. The Kier molecular flexibility index (Phi) is 9.52. The van der Waals surface area contributed by atoms with Gasteiger partial charge in [0.1, 0.15) is 5.75 Å². The number of halogens is 2. The fourth-order valence-corrected chi connectivity index (χ4v) is 2.68. The lowest BCUT2D eigenvalue weighted by Crippen LogP contribution is -2.21. The molecule has 10 heteroatoms. The van der Waals surface area contributed by atoms with E-state index in [4.69, 9.17) is 18.9 Å². The predicted molar refractivity (Wildman–Crippen MR) is 112 cm³/mol. The summed E-state index contributed by atoms with van der Waals surface area (Å²) in [5, 5.41) is 2.37. The quantitative estimate of drug-likeness (QED) is 0.480. The molecule has 0 atom stereocenters. The van der Waals surface area contributed by atoms with Crippen molar-refractivity contribution in [3.05, 3.63) is 42.0 Å². The number of alkyl halides is 2. The summed E-state index contributed by atoms with van der Waals surface area (Å²) >= 11 is 0. The number of hydrogen-bond donors (Lipinski definition) is 1. The zero-order valence-corrected chi connectivity index (χ0v) is 18.0. The van der Waals surface area contributed by atoms with Crippen molar-refractivity contribution < 1.29 is 42.1 Å². The van der Waals surface area contributed by atoms with Crippen LogP contribution in [0.5, 0.6) is 23.0 Å². The van der Waals surface area contributed by atoms with Crippen molar-refractivity contribution in [3.63, 3.8) is 0 Å². The van der Waals surface area contributed by atoms with Crippen LogP contribution in [-0.2, 0) is 9.53 Å². The van der Waals surface area contributed by atoms with Gasteiger partial charge in [-0.15, -0.1) is 0 Å². The lowest BCUT2D eigenvalue weighted by molar-refractivity contribution is -0.119. The van der Waals surface area contributed by atoms with Gasteiger partial charge in [-0.3, -0.25) is 4.79 Å². The Morgan fingerprint density at radius 1 is 0.906 bits per heavy atom. The highest BCUT2D eigenvalue weighted by molar-refractivity contribution is 5.96. The van der Waals surface area contributed by atoms with Gasteiger partial charge in [0.2, 0.25) is 5.75 Å². The number of rotatable bonds is 12. The highest BCUT2D eigenvalue weighted by Gasteiger charge is 2.20. The Labute approximate surface area is 184 Å². The summed E-state index contributed by atoms with van der Waals surface area (Å²) < 4.78 is 51.1. The number of nitrogens with one attached hydrogen (secondary N) is 1. The van der Waals surface area contributed by atoms with Crippen LogP contribution in [0.25, 0.3) is 0 Å². The van der Waals surface area contributed by atoms with Crippen LogP contribution in [0, 0.1) is 0 Å². The molecule has 0 bridgehead atoms. The number of para-hydroxylation sites is 2. The molecule has 2 aromatic carbocycles. The number of carbonyl (C=O) groups excluding carboxylic acids is 2. The number of ether oxygens (including phenoxy) is 5. The molecule has 8 nitrogen and oxygen atoms in total. The molecule has 0 heterocycles. The molecule has 0 aliphatic heterocycles. The minimum absolute atomic E-state index is 0.0205. The fraction of sp³-hybridized carbons (Fsp3) is 0.364. The first kappa shape index (κ1) is 24.7. The molecule has 32 heavy (non-hydrogen) atoms. The fourth-order valence-electron chi connectivity index (χ4n) is 2.68. The molecule has 0 radical (unpaired) electrons. The third-order valence-electron chi connectivity index (χ3n) is 3.86. The van der Waals surface area contributed by atoms with Gasteiger partial charge in [0.15, 0.2) is 18.1 Å². The van der Waals surface area contributed by atoms with Crippen LogP contribution in [0.3, 0.4) is 0 Å². The maximum Gasteiger partial charge on any atom is 0.387 e. The topological polar surface area (TPSA) is 92.3 Å². The van der Waals surface area contributed by atoms with Gasteiger partial charge in [0.25, 0.3) is 5.91 Å². The highest BCUT2D eigenvalue weighted by Crippen LogP contribution is 2.39. The monoisotopic (exact) mass is 453 g/mol. The average Bonchev–Trinajstić information content (AvgIpc) is 2.75. The first-order chi connectivity index (χ1) is 15.4. The molecule has 0 unspecified atom stereocenters. The van der Waals surface area contributed by atoms with Gasteiger partial charge in [-0.1, -0.05) is 12.1 Å². The van der Waals surface area contributed by atoms with Crippen LogP contribution in [-0.4, -0.2) is 44.9 Å². The Balaban J connectivity index is 2.11. The minimum atomic E-state index is -3.05. The molecule has 0 aliphatic carbocycles. The van der Waals surface area contributed by atoms with Crippen LogP contribution in [0.1, 0.15) is 31.1 Å². The van der Waals surface area contributed by atoms with E-state index < -0.39 is 25.1 Å². The number of esters is 1. The van der Waals surface area contributed by atoms with Gasteiger partial charge in [0.05, 0.1) is 31.1 Å². The van der Waals surface area contributed by atoms with E-state index in [2.05, 4.69) is 10.1 Å². The normalized spacial score (nSPS) is 10.4. The number of carbonyl (C=O) groups is 2. The van der Waals surface area contributed by atoms with Gasteiger partial charge >= 0.3 is 12.6 Å². The Morgan fingerprint density at radius 3 is 2.06 bits per heavy atom. The summed E-state index contributed by atoms with van der Waals surface area (Å²) in [6.07, 6.45) is 0. The van der Waals surface area contributed by atoms with Gasteiger partial charge < -0.3 is 29.0 Å². The zero-order valence-electron chi connectivity index (χ0n) is 18.0. The summed E-state index contributed by atoms with van der Waals surface area (Å²) in [6.45, 7) is 2.67. The first-order valence-corrected chi connectivity index (χ1v) is 9.96. The van der Waals surface area contributed by atoms with Crippen LogP contribution in [0.2, 0.25) is 0 Å². The van der Waals surface area contributed by atoms with Gasteiger partial charge in [0, 0.05) is 0 Å². The van der Waals surface area contributed by atoms with Crippen molar-refractivity contribution in [2.24, 2.45) is 0 Å². The molecule has 0 spiro atoms. The largest absolute Gasteiger partial charge is 0.490 e. The number of benzene rings is 2. The van der Waals surface area contributed by atoms with E-state index in [0.29, 0.717) is 37.1 Å². The number of hydrogen-bond acceptors (Lipinski definition) is 7.